The molecule has 0 unspecified atom stereocenters. The van der Waals surface area contributed by atoms with E-state index in [1.165, 1.54) is 31.2 Å². The molecule has 0 aliphatic heterocycles. The zero-order chi connectivity index (χ0) is 16.5. The highest BCUT2D eigenvalue weighted by Crippen LogP contribution is 2.48. The number of halogens is 7. The molecule has 9 heteroatoms. The van der Waals surface area contributed by atoms with E-state index in [9.17, 15) is 31.1 Å². The van der Waals surface area contributed by atoms with Crippen LogP contribution in [0.25, 0.3) is 0 Å². The molecule has 0 fully saturated rings. The standard InChI is InChI=1S/C12H10ClF6NO/c1-7(8-5-3-2-4-6-8)20-9(21)10(13,11(14,15)16)12(17,18)19/h2-7H,1H3,(H,20,21)/t7-/m1/s1. The van der Waals surface area contributed by atoms with Gasteiger partial charge in [-0.05, 0) is 12.5 Å². The monoisotopic (exact) mass is 333 g/mol. The molecule has 0 radical (unpaired) electrons. The number of benzene rings is 1. The van der Waals surface area contributed by atoms with Crippen molar-refractivity contribution in [3.63, 3.8) is 0 Å². The van der Waals surface area contributed by atoms with Gasteiger partial charge in [0.25, 0.3) is 5.91 Å². The van der Waals surface area contributed by atoms with E-state index in [1.807, 2.05) is 0 Å². The maximum Gasteiger partial charge on any atom is 0.425 e. The lowest BCUT2D eigenvalue weighted by atomic mass is 10.0. The third-order valence-electron chi connectivity index (χ3n) is 2.74. The fourth-order valence-corrected chi connectivity index (χ4v) is 1.59. The van der Waals surface area contributed by atoms with E-state index >= 15 is 0 Å². The normalized spacial score (nSPS) is 14.7. The predicted octanol–water partition coefficient (Wildman–Crippen LogP) is 3.97. The third kappa shape index (κ3) is 3.42. The maximum atomic E-state index is 12.6. The average Bonchev–Trinajstić information content (AvgIpc) is 2.35. The molecule has 1 atom stereocenters. The van der Waals surface area contributed by atoms with Crippen LogP contribution in [0.4, 0.5) is 26.3 Å². The highest BCUT2D eigenvalue weighted by Gasteiger charge is 2.75. The number of hydrogen-bond donors (Lipinski definition) is 1. The Kier molecular flexibility index (Phi) is 4.82. The molecule has 0 bridgehead atoms. The van der Waals surface area contributed by atoms with Crippen molar-refractivity contribution in [1.82, 2.24) is 5.32 Å². The highest BCUT2D eigenvalue weighted by molar-refractivity contribution is 6.36. The Hall–Kier alpha value is -1.44. The van der Waals surface area contributed by atoms with Crippen molar-refractivity contribution in [3.8, 4) is 0 Å². The molecule has 0 heterocycles. The molecule has 1 amide bonds. The van der Waals surface area contributed by atoms with Gasteiger partial charge in [-0.3, -0.25) is 4.79 Å². The van der Waals surface area contributed by atoms with Crippen molar-refractivity contribution in [2.75, 3.05) is 0 Å². The SMILES string of the molecule is C[C@@H](NC(=O)C(Cl)(C(F)(F)F)C(F)(F)F)c1ccccc1. The highest BCUT2D eigenvalue weighted by atomic mass is 35.5. The molecule has 0 aliphatic rings. The summed E-state index contributed by atoms with van der Waals surface area (Å²) in [4.78, 5) is 6.48. The van der Waals surface area contributed by atoms with Crippen molar-refractivity contribution in [1.29, 1.82) is 0 Å². The van der Waals surface area contributed by atoms with Crippen LogP contribution in [0.3, 0.4) is 0 Å². The first kappa shape index (κ1) is 17.6. The summed E-state index contributed by atoms with van der Waals surface area (Å²) < 4.78 is 75.5. The minimum absolute atomic E-state index is 0.342. The van der Waals surface area contributed by atoms with Crippen LogP contribution in [-0.2, 0) is 4.79 Å². The number of alkyl halides is 7. The Labute approximate surface area is 121 Å². The average molecular weight is 334 g/mol. The van der Waals surface area contributed by atoms with Crippen LogP contribution >= 0.6 is 11.6 Å². The maximum absolute atomic E-state index is 12.6. The fourth-order valence-electron chi connectivity index (χ4n) is 1.54. The first-order valence-electron chi connectivity index (χ1n) is 5.59. The zero-order valence-electron chi connectivity index (χ0n) is 10.5. The van der Waals surface area contributed by atoms with Gasteiger partial charge < -0.3 is 5.32 Å². The Bertz CT molecular complexity index is 485. The van der Waals surface area contributed by atoms with Crippen LogP contribution in [-0.4, -0.2) is 23.1 Å². The molecule has 0 aliphatic carbocycles. The molecular formula is C12H10ClF6NO. The van der Waals surface area contributed by atoms with Crippen LogP contribution in [0.15, 0.2) is 30.3 Å². The Morgan fingerprint density at radius 3 is 1.86 bits per heavy atom. The zero-order valence-corrected chi connectivity index (χ0v) is 11.3. The van der Waals surface area contributed by atoms with E-state index in [4.69, 9.17) is 0 Å². The van der Waals surface area contributed by atoms with E-state index in [2.05, 4.69) is 11.6 Å². The van der Waals surface area contributed by atoms with Crippen molar-refractivity contribution < 1.29 is 31.1 Å². The summed E-state index contributed by atoms with van der Waals surface area (Å²) in [6, 6.07) is 6.49. The number of carbonyl (C=O) groups excluding carboxylic acids is 1. The molecule has 1 rings (SSSR count). The molecule has 0 saturated heterocycles. The fraction of sp³-hybridized carbons (Fsp3) is 0.417. The van der Waals surface area contributed by atoms with E-state index in [-0.39, 0.29) is 0 Å². The second-order valence-electron chi connectivity index (χ2n) is 4.26. The second-order valence-corrected chi connectivity index (χ2v) is 4.83. The van der Waals surface area contributed by atoms with Crippen molar-refractivity contribution in [2.24, 2.45) is 0 Å². The summed E-state index contributed by atoms with van der Waals surface area (Å²) in [5.74, 6) is -2.36. The third-order valence-corrected chi connectivity index (χ3v) is 3.34. The van der Waals surface area contributed by atoms with Gasteiger partial charge in [0.05, 0.1) is 6.04 Å². The Morgan fingerprint density at radius 2 is 1.48 bits per heavy atom. The van der Waals surface area contributed by atoms with Gasteiger partial charge in [-0.2, -0.15) is 26.3 Å². The number of amides is 1. The number of rotatable bonds is 3. The molecule has 118 valence electrons. The number of carbonyl (C=O) groups is 1. The van der Waals surface area contributed by atoms with Crippen LogP contribution in [0, 0.1) is 0 Å². The molecule has 0 spiro atoms. The lowest BCUT2D eigenvalue weighted by Crippen LogP contribution is -2.62. The van der Waals surface area contributed by atoms with Crippen molar-refractivity contribution in [2.45, 2.75) is 30.2 Å². The molecule has 2 nitrogen and oxygen atoms in total. The van der Waals surface area contributed by atoms with Gasteiger partial charge >= 0.3 is 17.2 Å². The van der Waals surface area contributed by atoms with Gasteiger partial charge in [0.1, 0.15) is 0 Å². The molecule has 0 aromatic heterocycles. The van der Waals surface area contributed by atoms with Crippen LogP contribution in [0.1, 0.15) is 18.5 Å². The van der Waals surface area contributed by atoms with Gasteiger partial charge in [-0.25, -0.2) is 0 Å². The minimum Gasteiger partial charge on any atom is -0.347 e. The summed E-state index contributed by atoms with van der Waals surface area (Å²) in [6.45, 7) is 1.25. The first-order chi connectivity index (χ1) is 9.41. The summed E-state index contributed by atoms with van der Waals surface area (Å²) in [7, 11) is 0. The van der Waals surface area contributed by atoms with E-state index in [0.717, 1.165) is 0 Å². The van der Waals surface area contributed by atoms with Gasteiger partial charge in [-0.1, -0.05) is 41.9 Å². The minimum atomic E-state index is -5.98. The molecule has 21 heavy (non-hydrogen) atoms. The number of hydrogen-bond acceptors (Lipinski definition) is 1. The van der Waals surface area contributed by atoms with Crippen LogP contribution in [0.2, 0.25) is 0 Å². The largest absolute Gasteiger partial charge is 0.425 e. The lowest BCUT2D eigenvalue weighted by molar-refractivity contribution is -0.260. The molecular weight excluding hydrogens is 324 g/mol. The Balaban J connectivity index is 3.05. The predicted molar refractivity (Wildman–Crippen MR) is 63.7 cm³/mol. The van der Waals surface area contributed by atoms with E-state index < -0.39 is 29.2 Å². The molecule has 1 aromatic carbocycles. The van der Waals surface area contributed by atoms with E-state index in [1.54, 1.807) is 11.4 Å². The second kappa shape index (κ2) is 5.75. The molecule has 1 N–H and O–H groups in total. The van der Waals surface area contributed by atoms with Gasteiger partial charge in [0, 0.05) is 0 Å². The quantitative estimate of drug-likeness (QED) is 0.658. The lowest BCUT2D eigenvalue weighted by Gasteiger charge is -2.31. The van der Waals surface area contributed by atoms with Crippen LogP contribution < -0.4 is 5.32 Å². The summed E-state index contributed by atoms with van der Waals surface area (Å²) in [5.41, 5.74) is 0.342. The molecule has 1 aromatic rings. The summed E-state index contributed by atoms with van der Waals surface area (Å²) >= 11 is 4.61. The Morgan fingerprint density at radius 1 is 1.05 bits per heavy atom. The van der Waals surface area contributed by atoms with Crippen molar-refractivity contribution >= 4 is 17.5 Å². The topological polar surface area (TPSA) is 29.1 Å². The first-order valence-corrected chi connectivity index (χ1v) is 5.97. The van der Waals surface area contributed by atoms with Crippen molar-refractivity contribution in [3.05, 3.63) is 35.9 Å². The summed E-state index contributed by atoms with van der Waals surface area (Å²) in [5, 5.41) is 1.64. The molecule has 0 saturated carbocycles. The van der Waals surface area contributed by atoms with Crippen LogP contribution in [0.5, 0.6) is 0 Å². The van der Waals surface area contributed by atoms with Gasteiger partial charge in [-0.15, -0.1) is 0 Å². The smallest absolute Gasteiger partial charge is 0.347 e. The van der Waals surface area contributed by atoms with E-state index in [0.29, 0.717) is 5.56 Å². The van der Waals surface area contributed by atoms with Gasteiger partial charge in [0.15, 0.2) is 0 Å². The summed E-state index contributed by atoms with van der Waals surface area (Å²) in [6.07, 6.45) is -12.0. The van der Waals surface area contributed by atoms with Gasteiger partial charge in [0.2, 0.25) is 0 Å². The number of nitrogens with one attached hydrogen (secondary N) is 1.